The summed E-state index contributed by atoms with van der Waals surface area (Å²) in [4.78, 5) is 40.2. The van der Waals surface area contributed by atoms with E-state index in [0.29, 0.717) is 22.0 Å². The summed E-state index contributed by atoms with van der Waals surface area (Å²) in [7, 11) is 0. The molecule has 0 bridgehead atoms. The molecule has 35 heavy (non-hydrogen) atoms. The van der Waals surface area contributed by atoms with Gasteiger partial charge in [-0.25, -0.2) is 9.59 Å². The number of anilines is 1. The van der Waals surface area contributed by atoms with Crippen molar-refractivity contribution in [3.05, 3.63) is 81.7 Å². The molecule has 182 valence electrons. The van der Waals surface area contributed by atoms with E-state index in [1.165, 1.54) is 35.6 Å². The number of hydrogen-bond acceptors (Lipinski definition) is 7. The molecule has 0 saturated heterocycles. The molecule has 1 heterocycles. The smallest absolute Gasteiger partial charge is 0.341 e. The molecule has 0 saturated carbocycles. The maximum absolute atomic E-state index is 13.5. The minimum atomic E-state index is -1.26. The average Bonchev–Trinajstić information content (AvgIpc) is 3.19. The van der Waals surface area contributed by atoms with Crippen molar-refractivity contribution in [2.45, 2.75) is 39.2 Å². The number of carbonyl (C=O) groups excluding carboxylic acids is 3. The number of amides is 1. The predicted octanol–water partition coefficient (Wildman–Crippen LogP) is 5.29. The number of aromatic hydroxyl groups is 1. The van der Waals surface area contributed by atoms with Gasteiger partial charge in [-0.05, 0) is 55.9 Å². The van der Waals surface area contributed by atoms with Crippen LogP contribution in [0.5, 0.6) is 5.75 Å². The highest BCUT2D eigenvalue weighted by Crippen LogP contribution is 2.40. The topological polar surface area (TPSA) is 102 Å². The summed E-state index contributed by atoms with van der Waals surface area (Å²) in [6.07, 6.45) is 1.26. The Hall–Kier alpha value is -3.65. The van der Waals surface area contributed by atoms with E-state index in [9.17, 15) is 19.5 Å². The van der Waals surface area contributed by atoms with Crippen molar-refractivity contribution in [1.29, 1.82) is 0 Å². The summed E-state index contributed by atoms with van der Waals surface area (Å²) < 4.78 is 10.9. The van der Waals surface area contributed by atoms with Crippen LogP contribution in [-0.2, 0) is 27.1 Å². The molecule has 0 spiro atoms. The Morgan fingerprint density at radius 1 is 1.11 bits per heavy atom. The first-order valence-electron chi connectivity index (χ1n) is 11.5. The van der Waals surface area contributed by atoms with E-state index in [-0.39, 0.29) is 17.9 Å². The fraction of sp³-hybridized carbons (Fsp3) is 0.296. The van der Waals surface area contributed by atoms with Crippen LogP contribution in [0.2, 0.25) is 0 Å². The summed E-state index contributed by atoms with van der Waals surface area (Å²) in [5.41, 5.74) is 1.91. The van der Waals surface area contributed by atoms with E-state index in [1.807, 2.05) is 0 Å². The van der Waals surface area contributed by atoms with Gasteiger partial charge in [-0.2, -0.15) is 0 Å². The second-order valence-corrected chi connectivity index (χ2v) is 9.62. The number of esters is 2. The Morgan fingerprint density at radius 3 is 2.60 bits per heavy atom. The molecule has 4 rings (SSSR count). The Morgan fingerprint density at radius 2 is 1.89 bits per heavy atom. The van der Waals surface area contributed by atoms with Gasteiger partial charge >= 0.3 is 11.9 Å². The molecule has 2 N–H and O–H groups in total. The van der Waals surface area contributed by atoms with Crippen LogP contribution in [0.4, 0.5) is 5.00 Å². The second kappa shape index (κ2) is 10.7. The highest BCUT2D eigenvalue weighted by molar-refractivity contribution is 7.17. The van der Waals surface area contributed by atoms with Gasteiger partial charge in [0.05, 0.1) is 17.7 Å². The van der Waals surface area contributed by atoms with Gasteiger partial charge in [-0.15, -0.1) is 11.3 Å². The van der Waals surface area contributed by atoms with Crippen LogP contribution in [-0.4, -0.2) is 29.6 Å². The van der Waals surface area contributed by atoms with Crippen LogP contribution >= 0.6 is 11.3 Å². The zero-order chi connectivity index (χ0) is 24.9. The van der Waals surface area contributed by atoms with Crippen molar-refractivity contribution in [3.8, 4) is 5.75 Å². The first kappa shape index (κ1) is 24.5. The van der Waals surface area contributed by atoms with Crippen molar-refractivity contribution < 1.29 is 29.0 Å². The molecule has 0 aliphatic heterocycles. The number of thiophene rings is 1. The number of hydrogen-bond donors (Lipinski definition) is 2. The SMILES string of the molecule is CCOC(=O)c1c(NC(=O)[C@H](OC(=O)c2cccc(O)c2)c2ccccc2)sc2c1CC[C@H](C)C2. The van der Waals surface area contributed by atoms with Gasteiger partial charge in [0, 0.05) is 10.4 Å². The highest BCUT2D eigenvalue weighted by Gasteiger charge is 2.32. The van der Waals surface area contributed by atoms with Crippen LogP contribution in [0.15, 0.2) is 54.6 Å². The minimum absolute atomic E-state index is 0.0855. The molecule has 7 nitrogen and oxygen atoms in total. The fourth-order valence-electron chi connectivity index (χ4n) is 4.14. The Kier molecular flexibility index (Phi) is 7.51. The molecule has 0 radical (unpaired) electrons. The summed E-state index contributed by atoms with van der Waals surface area (Å²) in [5, 5.41) is 13.0. The van der Waals surface area contributed by atoms with Crippen LogP contribution < -0.4 is 5.32 Å². The second-order valence-electron chi connectivity index (χ2n) is 8.51. The Labute approximate surface area is 207 Å². The highest BCUT2D eigenvalue weighted by atomic mass is 32.1. The summed E-state index contributed by atoms with van der Waals surface area (Å²) >= 11 is 1.37. The summed E-state index contributed by atoms with van der Waals surface area (Å²) in [6, 6.07) is 14.4. The zero-order valence-corrected chi connectivity index (χ0v) is 20.4. The fourth-order valence-corrected chi connectivity index (χ4v) is 5.55. The van der Waals surface area contributed by atoms with E-state index in [2.05, 4.69) is 12.2 Å². The van der Waals surface area contributed by atoms with Crippen molar-refractivity contribution in [1.82, 2.24) is 0 Å². The molecule has 3 aromatic rings. The van der Waals surface area contributed by atoms with Crippen molar-refractivity contribution >= 4 is 34.2 Å². The number of nitrogens with one attached hydrogen (secondary N) is 1. The van der Waals surface area contributed by atoms with Gasteiger partial charge in [0.25, 0.3) is 5.91 Å². The lowest BCUT2D eigenvalue weighted by Gasteiger charge is -2.19. The van der Waals surface area contributed by atoms with Gasteiger partial charge < -0.3 is 19.9 Å². The average molecular weight is 494 g/mol. The molecule has 1 aliphatic rings. The first-order chi connectivity index (χ1) is 16.9. The summed E-state index contributed by atoms with van der Waals surface area (Å²) in [6.45, 7) is 4.13. The molecule has 0 fully saturated rings. The molecule has 1 aromatic heterocycles. The molecule has 1 aliphatic carbocycles. The number of ether oxygens (including phenoxy) is 2. The van der Waals surface area contributed by atoms with E-state index < -0.39 is 23.9 Å². The maximum atomic E-state index is 13.5. The predicted molar refractivity (Wildman–Crippen MR) is 133 cm³/mol. The minimum Gasteiger partial charge on any atom is -0.508 e. The number of phenols is 1. The van der Waals surface area contributed by atoms with Crippen molar-refractivity contribution in [3.63, 3.8) is 0 Å². The van der Waals surface area contributed by atoms with Gasteiger partial charge in [-0.3, -0.25) is 4.79 Å². The molecule has 1 amide bonds. The number of rotatable bonds is 7. The first-order valence-corrected chi connectivity index (χ1v) is 12.4. The van der Waals surface area contributed by atoms with Crippen LogP contribution in [0, 0.1) is 5.92 Å². The normalized spacial score (nSPS) is 15.5. The molecular formula is C27H27NO6S. The van der Waals surface area contributed by atoms with Gasteiger partial charge in [-0.1, -0.05) is 43.3 Å². The number of fused-ring (bicyclic) bond motifs is 1. The number of phenolic OH excluding ortho intramolecular Hbond substituents is 1. The third-order valence-electron chi connectivity index (χ3n) is 5.88. The van der Waals surface area contributed by atoms with Gasteiger partial charge in [0.15, 0.2) is 0 Å². The molecule has 0 unspecified atom stereocenters. The van der Waals surface area contributed by atoms with Crippen molar-refractivity contribution in [2.24, 2.45) is 5.92 Å². The molecule has 2 atom stereocenters. The van der Waals surface area contributed by atoms with E-state index in [0.717, 1.165) is 29.7 Å². The summed E-state index contributed by atoms with van der Waals surface area (Å²) in [5.74, 6) is -1.41. The van der Waals surface area contributed by atoms with Gasteiger partial charge in [0.2, 0.25) is 6.10 Å². The van der Waals surface area contributed by atoms with Gasteiger partial charge in [0.1, 0.15) is 10.8 Å². The van der Waals surface area contributed by atoms with Crippen LogP contribution in [0.1, 0.15) is 63.1 Å². The van der Waals surface area contributed by atoms with E-state index >= 15 is 0 Å². The molecule has 8 heteroatoms. The lowest BCUT2D eigenvalue weighted by atomic mass is 9.88. The molecule has 2 aromatic carbocycles. The maximum Gasteiger partial charge on any atom is 0.341 e. The van der Waals surface area contributed by atoms with E-state index in [1.54, 1.807) is 37.3 Å². The third kappa shape index (κ3) is 5.54. The Balaban J connectivity index is 1.65. The number of carbonyl (C=O) groups is 3. The quantitative estimate of drug-likeness (QED) is 0.434. The standard InChI is InChI=1S/C27H27NO6S/c1-3-33-27(32)22-20-13-12-16(2)14-21(20)35-25(22)28-24(30)23(17-8-5-4-6-9-17)34-26(31)18-10-7-11-19(29)15-18/h4-11,15-16,23,29H,3,12-14H2,1-2H3,(H,28,30)/t16-,23+/m0/s1. The lowest BCUT2D eigenvalue weighted by molar-refractivity contribution is -0.125. The number of benzene rings is 2. The van der Waals surface area contributed by atoms with Crippen molar-refractivity contribution in [2.75, 3.05) is 11.9 Å². The monoisotopic (exact) mass is 493 g/mol. The largest absolute Gasteiger partial charge is 0.508 e. The molecular weight excluding hydrogens is 466 g/mol. The third-order valence-corrected chi connectivity index (χ3v) is 7.04. The van der Waals surface area contributed by atoms with E-state index in [4.69, 9.17) is 9.47 Å². The van der Waals surface area contributed by atoms with Crippen LogP contribution in [0.3, 0.4) is 0 Å². The van der Waals surface area contributed by atoms with Crippen LogP contribution in [0.25, 0.3) is 0 Å². The zero-order valence-electron chi connectivity index (χ0n) is 19.6. The Bertz CT molecular complexity index is 1240. The lowest BCUT2D eigenvalue weighted by Crippen LogP contribution is -2.26.